The van der Waals surface area contributed by atoms with Crippen molar-refractivity contribution < 1.29 is 9.53 Å². The van der Waals surface area contributed by atoms with Gasteiger partial charge in [0.15, 0.2) is 0 Å². The van der Waals surface area contributed by atoms with Crippen molar-refractivity contribution in [3.05, 3.63) is 18.3 Å². The summed E-state index contributed by atoms with van der Waals surface area (Å²) in [7, 11) is 0. The maximum absolute atomic E-state index is 12.1. The van der Waals surface area contributed by atoms with Gasteiger partial charge in [-0.2, -0.15) is 0 Å². The molecule has 136 valence electrons. The fraction of sp³-hybridized carbons (Fsp3) is 0.625. The SMILES string of the molecule is Cl.Cl.NC[C@H]1CC[C@@H](C(=O)Nc2ccc(N3CCCCC3)nc2)O1. The molecule has 2 saturated heterocycles. The van der Waals surface area contributed by atoms with Gasteiger partial charge in [-0.05, 0) is 44.2 Å². The standard InChI is InChI=1S/C16H24N4O2.2ClH/c17-10-13-5-6-14(22-13)16(21)19-12-4-7-15(18-11-12)20-8-2-1-3-9-20;;/h4,7,11,13-14H,1-3,5-6,8-10,17H2,(H,19,21);2*1H/t13-,14+;;/m1../s1. The van der Waals surface area contributed by atoms with Crippen molar-refractivity contribution in [1.82, 2.24) is 4.98 Å². The number of nitrogens with one attached hydrogen (secondary N) is 1. The van der Waals surface area contributed by atoms with Crippen molar-refractivity contribution in [2.45, 2.75) is 44.3 Å². The van der Waals surface area contributed by atoms with Gasteiger partial charge in [0, 0.05) is 19.6 Å². The number of nitrogens with two attached hydrogens (primary N) is 1. The Morgan fingerprint density at radius 1 is 1.25 bits per heavy atom. The number of carbonyl (C=O) groups excluding carboxylic acids is 1. The zero-order valence-electron chi connectivity index (χ0n) is 13.6. The molecule has 3 heterocycles. The van der Waals surface area contributed by atoms with Crippen LogP contribution in [0.15, 0.2) is 18.3 Å². The van der Waals surface area contributed by atoms with Crippen LogP contribution in [0.1, 0.15) is 32.1 Å². The Hall–Kier alpha value is -1.08. The van der Waals surface area contributed by atoms with E-state index in [0.29, 0.717) is 12.2 Å². The van der Waals surface area contributed by atoms with Gasteiger partial charge in [0.25, 0.3) is 5.91 Å². The van der Waals surface area contributed by atoms with Crippen LogP contribution in [0.4, 0.5) is 11.5 Å². The van der Waals surface area contributed by atoms with E-state index in [1.54, 1.807) is 6.20 Å². The Labute approximate surface area is 155 Å². The van der Waals surface area contributed by atoms with E-state index in [4.69, 9.17) is 10.5 Å². The van der Waals surface area contributed by atoms with Crippen molar-refractivity contribution in [1.29, 1.82) is 0 Å². The molecule has 6 nitrogen and oxygen atoms in total. The summed E-state index contributed by atoms with van der Waals surface area (Å²) < 4.78 is 5.60. The molecule has 0 spiro atoms. The monoisotopic (exact) mass is 376 g/mol. The number of ether oxygens (including phenoxy) is 1. The first-order chi connectivity index (χ1) is 10.8. The molecule has 2 aliphatic rings. The molecular formula is C16H26Cl2N4O2. The van der Waals surface area contributed by atoms with Gasteiger partial charge in [-0.25, -0.2) is 4.98 Å². The van der Waals surface area contributed by atoms with E-state index >= 15 is 0 Å². The van der Waals surface area contributed by atoms with Gasteiger partial charge in [-0.1, -0.05) is 0 Å². The topological polar surface area (TPSA) is 80.5 Å². The lowest BCUT2D eigenvalue weighted by Crippen LogP contribution is -2.31. The van der Waals surface area contributed by atoms with Crippen LogP contribution in [0.25, 0.3) is 0 Å². The smallest absolute Gasteiger partial charge is 0.253 e. The number of piperidine rings is 1. The molecule has 0 aromatic carbocycles. The lowest BCUT2D eigenvalue weighted by atomic mass is 10.1. The number of hydrogen-bond acceptors (Lipinski definition) is 5. The van der Waals surface area contributed by atoms with Gasteiger partial charge < -0.3 is 20.7 Å². The maximum Gasteiger partial charge on any atom is 0.253 e. The van der Waals surface area contributed by atoms with E-state index in [2.05, 4.69) is 15.2 Å². The largest absolute Gasteiger partial charge is 0.364 e. The summed E-state index contributed by atoms with van der Waals surface area (Å²) in [6, 6.07) is 3.88. The Balaban J connectivity index is 0.00000144. The van der Waals surface area contributed by atoms with Crippen LogP contribution in [-0.2, 0) is 9.53 Å². The second-order valence-corrected chi connectivity index (χ2v) is 6.00. The second kappa shape index (κ2) is 10.0. The van der Waals surface area contributed by atoms with Gasteiger partial charge in [0.2, 0.25) is 0 Å². The number of halogens is 2. The van der Waals surface area contributed by atoms with Crippen LogP contribution in [0, 0.1) is 0 Å². The maximum atomic E-state index is 12.1. The highest BCUT2D eigenvalue weighted by molar-refractivity contribution is 5.94. The third kappa shape index (κ3) is 5.21. The minimum Gasteiger partial charge on any atom is -0.364 e. The first-order valence-corrected chi connectivity index (χ1v) is 8.13. The van der Waals surface area contributed by atoms with Crippen LogP contribution < -0.4 is 16.0 Å². The quantitative estimate of drug-likeness (QED) is 0.842. The number of aromatic nitrogens is 1. The number of rotatable bonds is 4. The normalized spacial score (nSPS) is 23.1. The van der Waals surface area contributed by atoms with Crippen molar-refractivity contribution in [2.75, 3.05) is 29.9 Å². The van der Waals surface area contributed by atoms with Gasteiger partial charge >= 0.3 is 0 Å². The number of carbonyl (C=O) groups is 1. The highest BCUT2D eigenvalue weighted by Crippen LogP contribution is 2.22. The van der Waals surface area contributed by atoms with Crippen molar-refractivity contribution in [3.8, 4) is 0 Å². The molecule has 0 saturated carbocycles. The highest BCUT2D eigenvalue weighted by atomic mass is 35.5. The van der Waals surface area contributed by atoms with Gasteiger partial charge in [-0.3, -0.25) is 4.79 Å². The Morgan fingerprint density at radius 2 is 2.00 bits per heavy atom. The molecule has 3 rings (SSSR count). The Morgan fingerprint density at radius 3 is 2.58 bits per heavy atom. The Bertz CT molecular complexity index is 509. The summed E-state index contributed by atoms with van der Waals surface area (Å²) in [5, 5.41) is 2.87. The van der Waals surface area contributed by atoms with Crippen LogP contribution in [0.2, 0.25) is 0 Å². The molecule has 2 fully saturated rings. The lowest BCUT2D eigenvalue weighted by Gasteiger charge is -2.27. The van der Waals surface area contributed by atoms with E-state index in [0.717, 1.165) is 31.7 Å². The number of pyridine rings is 1. The van der Waals surface area contributed by atoms with E-state index in [1.165, 1.54) is 19.3 Å². The zero-order chi connectivity index (χ0) is 15.4. The molecule has 1 amide bonds. The zero-order valence-corrected chi connectivity index (χ0v) is 15.3. The van der Waals surface area contributed by atoms with E-state index in [9.17, 15) is 4.79 Å². The fourth-order valence-corrected chi connectivity index (χ4v) is 3.06. The van der Waals surface area contributed by atoms with Crippen LogP contribution >= 0.6 is 24.8 Å². The molecule has 2 aliphatic heterocycles. The summed E-state index contributed by atoms with van der Waals surface area (Å²) >= 11 is 0. The highest BCUT2D eigenvalue weighted by Gasteiger charge is 2.29. The predicted octanol–water partition coefficient (Wildman–Crippen LogP) is 2.36. The molecule has 0 bridgehead atoms. The molecule has 2 atom stereocenters. The van der Waals surface area contributed by atoms with E-state index in [1.807, 2.05) is 12.1 Å². The first kappa shape index (κ1) is 21.0. The molecule has 0 unspecified atom stereocenters. The van der Waals surface area contributed by atoms with Crippen molar-refractivity contribution >= 4 is 42.2 Å². The molecule has 1 aromatic heterocycles. The molecule has 0 aliphatic carbocycles. The van der Waals surface area contributed by atoms with Gasteiger partial charge in [0.1, 0.15) is 11.9 Å². The van der Waals surface area contributed by atoms with E-state index < -0.39 is 6.10 Å². The molecular weight excluding hydrogens is 351 g/mol. The van der Waals surface area contributed by atoms with Crippen LogP contribution in [-0.4, -0.2) is 42.7 Å². The Kier molecular flexibility index (Phi) is 8.76. The fourth-order valence-electron chi connectivity index (χ4n) is 3.06. The summed E-state index contributed by atoms with van der Waals surface area (Å²) in [6.45, 7) is 2.60. The summed E-state index contributed by atoms with van der Waals surface area (Å²) in [4.78, 5) is 18.9. The molecule has 1 aromatic rings. The third-order valence-electron chi connectivity index (χ3n) is 4.36. The number of nitrogens with zero attached hydrogens (tertiary/aromatic N) is 2. The summed E-state index contributed by atoms with van der Waals surface area (Å²) in [5.74, 6) is 0.876. The van der Waals surface area contributed by atoms with Crippen LogP contribution in [0.5, 0.6) is 0 Å². The molecule has 8 heteroatoms. The molecule has 3 N–H and O–H groups in total. The van der Waals surface area contributed by atoms with Crippen molar-refractivity contribution in [3.63, 3.8) is 0 Å². The number of hydrogen-bond donors (Lipinski definition) is 2. The molecule has 0 radical (unpaired) electrons. The average Bonchev–Trinajstić information content (AvgIpc) is 3.06. The second-order valence-electron chi connectivity index (χ2n) is 6.00. The van der Waals surface area contributed by atoms with Gasteiger partial charge in [-0.15, -0.1) is 24.8 Å². The van der Waals surface area contributed by atoms with Crippen molar-refractivity contribution in [2.24, 2.45) is 5.73 Å². The minimum absolute atomic E-state index is 0. The van der Waals surface area contributed by atoms with Gasteiger partial charge in [0.05, 0.1) is 18.0 Å². The minimum atomic E-state index is -0.393. The molecule has 24 heavy (non-hydrogen) atoms. The van der Waals surface area contributed by atoms with Crippen LogP contribution in [0.3, 0.4) is 0 Å². The number of amides is 1. The summed E-state index contributed by atoms with van der Waals surface area (Å²) in [5.41, 5.74) is 6.28. The van der Waals surface area contributed by atoms with E-state index in [-0.39, 0.29) is 36.8 Å². The summed E-state index contributed by atoms with van der Waals surface area (Å²) in [6.07, 6.45) is 6.66. The first-order valence-electron chi connectivity index (χ1n) is 8.13. The number of anilines is 2. The lowest BCUT2D eigenvalue weighted by molar-refractivity contribution is -0.126. The predicted molar refractivity (Wildman–Crippen MR) is 100 cm³/mol. The average molecular weight is 377 g/mol. The third-order valence-corrected chi connectivity index (χ3v) is 4.36.